The van der Waals surface area contributed by atoms with Crippen molar-refractivity contribution in [2.75, 3.05) is 26.4 Å². The molecule has 2 aromatic rings. The van der Waals surface area contributed by atoms with Crippen LogP contribution in [0.25, 0.3) is 0 Å². The Balaban J connectivity index is 0.000000363. The van der Waals surface area contributed by atoms with Gasteiger partial charge in [0, 0.05) is 25.6 Å². The molecule has 2 aliphatic heterocycles. The smallest absolute Gasteiger partial charge is 0.414 e. The minimum Gasteiger partial charge on any atom is -0.473 e. The number of carboxylic acids is 2. The Morgan fingerprint density at radius 3 is 2.47 bits per heavy atom. The van der Waals surface area contributed by atoms with Crippen molar-refractivity contribution in [2.45, 2.75) is 31.2 Å². The molecule has 0 atom stereocenters. The van der Waals surface area contributed by atoms with Crippen LogP contribution < -0.4 is 14.8 Å². The number of fused-ring (bicyclic) bond motifs is 1. The zero-order chi connectivity index (χ0) is 22.7. The van der Waals surface area contributed by atoms with Crippen LogP contribution in [-0.4, -0.2) is 69.5 Å². The van der Waals surface area contributed by atoms with E-state index in [1.165, 1.54) is 12.8 Å². The molecule has 3 heterocycles. The van der Waals surface area contributed by atoms with Crippen LogP contribution in [0.4, 0.5) is 0 Å². The third-order valence-corrected chi connectivity index (χ3v) is 5.18. The standard InChI is InChI=1S/C18H20N4O4.C2H2O4/c23-16(19-6-11-1-4-14-15(5-11)25-10-24-14)9-22-7-13(8-22)18-20-17(21-26-18)12-2-3-12;3-1(4)2(5)6/h1,4-5,12-13H,2-3,6-10H2,(H,19,23);(H,3,4)(H,5,6). The number of carbonyl (C=O) groups excluding carboxylic acids is 1. The molecule has 5 rings (SSSR count). The minimum absolute atomic E-state index is 0.00492. The topological polar surface area (TPSA) is 164 Å². The van der Waals surface area contributed by atoms with Crippen LogP contribution in [0.2, 0.25) is 0 Å². The van der Waals surface area contributed by atoms with E-state index in [1.54, 1.807) is 0 Å². The summed E-state index contributed by atoms with van der Waals surface area (Å²) >= 11 is 0. The summed E-state index contributed by atoms with van der Waals surface area (Å²) in [7, 11) is 0. The molecule has 2 fully saturated rings. The summed E-state index contributed by atoms with van der Waals surface area (Å²) in [6.07, 6.45) is 2.33. The van der Waals surface area contributed by atoms with Crippen molar-refractivity contribution in [3.05, 3.63) is 35.5 Å². The van der Waals surface area contributed by atoms with Gasteiger partial charge in [-0.1, -0.05) is 11.2 Å². The number of hydrogen-bond donors (Lipinski definition) is 3. The van der Waals surface area contributed by atoms with Gasteiger partial charge < -0.3 is 29.5 Å². The van der Waals surface area contributed by atoms with Gasteiger partial charge in [-0.25, -0.2) is 9.59 Å². The number of ether oxygens (including phenoxy) is 2. The normalized spacial score (nSPS) is 17.1. The fraction of sp³-hybridized carbons (Fsp3) is 0.450. The molecule has 1 aromatic heterocycles. The third-order valence-electron chi connectivity index (χ3n) is 5.18. The van der Waals surface area contributed by atoms with Crippen molar-refractivity contribution in [3.63, 3.8) is 0 Å². The maximum atomic E-state index is 12.1. The number of aliphatic carboxylic acids is 2. The molecular weight excluding hydrogens is 424 g/mol. The predicted molar refractivity (Wildman–Crippen MR) is 105 cm³/mol. The summed E-state index contributed by atoms with van der Waals surface area (Å²) < 4.78 is 16.0. The molecule has 1 saturated carbocycles. The SMILES string of the molecule is O=C(CN1CC(c2nc(C3CC3)no2)C1)NCc1ccc2c(c1)OCO2.O=C(O)C(=O)O. The van der Waals surface area contributed by atoms with Crippen LogP contribution in [0.3, 0.4) is 0 Å². The molecule has 3 N–H and O–H groups in total. The van der Waals surface area contributed by atoms with Crippen molar-refractivity contribution >= 4 is 17.8 Å². The van der Waals surface area contributed by atoms with Gasteiger partial charge in [-0.05, 0) is 30.5 Å². The first kappa shape index (κ1) is 21.6. The summed E-state index contributed by atoms with van der Waals surface area (Å²) in [5.74, 6) is 0.145. The molecule has 32 heavy (non-hydrogen) atoms. The van der Waals surface area contributed by atoms with Crippen molar-refractivity contribution in [1.82, 2.24) is 20.4 Å². The average molecular weight is 446 g/mol. The second kappa shape index (κ2) is 9.22. The van der Waals surface area contributed by atoms with Gasteiger partial charge in [-0.3, -0.25) is 9.69 Å². The maximum absolute atomic E-state index is 12.1. The van der Waals surface area contributed by atoms with E-state index in [4.69, 9.17) is 33.8 Å². The first-order valence-electron chi connectivity index (χ1n) is 10.1. The summed E-state index contributed by atoms with van der Waals surface area (Å²) in [5.41, 5.74) is 0.988. The lowest BCUT2D eigenvalue weighted by atomic mass is 10.0. The predicted octanol–water partition coefficient (Wildman–Crippen LogP) is 0.547. The summed E-state index contributed by atoms with van der Waals surface area (Å²) in [4.78, 5) is 36.9. The van der Waals surface area contributed by atoms with Crippen molar-refractivity contribution in [2.24, 2.45) is 0 Å². The number of aromatic nitrogens is 2. The van der Waals surface area contributed by atoms with Crippen LogP contribution in [-0.2, 0) is 20.9 Å². The van der Waals surface area contributed by atoms with Crippen molar-refractivity contribution in [1.29, 1.82) is 0 Å². The van der Waals surface area contributed by atoms with E-state index in [0.29, 0.717) is 24.9 Å². The zero-order valence-corrected chi connectivity index (χ0v) is 17.0. The molecule has 12 nitrogen and oxygen atoms in total. The highest BCUT2D eigenvalue weighted by Gasteiger charge is 2.35. The molecule has 1 aliphatic carbocycles. The molecule has 1 aromatic carbocycles. The Kier molecular flexibility index (Phi) is 6.21. The number of amides is 1. The molecule has 0 unspecified atom stereocenters. The summed E-state index contributed by atoms with van der Waals surface area (Å²) in [5, 5.41) is 21.8. The van der Waals surface area contributed by atoms with E-state index in [2.05, 4.69) is 20.4 Å². The highest BCUT2D eigenvalue weighted by molar-refractivity contribution is 6.27. The van der Waals surface area contributed by atoms with E-state index in [9.17, 15) is 4.79 Å². The van der Waals surface area contributed by atoms with Crippen LogP contribution in [0.1, 0.15) is 42.0 Å². The number of nitrogens with one attached hydrogen (secondary N) is 1. The Hall–Kier alpha value is -3.67. The van der Waals surface area contributed by atoms with Gasteiger partial charge in [-0.15, -0.1) is 0 Å². The maximum Gasteiger partial charge on any atom is 0.414 e. The number of carboxylic acid groups (broad SMARTS) is 2. The Bertz CT molecular complexity index is 1000. The number of rotatable bonds is 6. The molecular formula is C20H22N4O8. The first-order valence-corrected chi connectivity index (χ1v) is 10.1. The molecule has 0 spiro atoms. The minimum atomic E-state index is -1.82. The molecule has 0 bridgehead atoms. The number of hydrogen-bond acceptors (Lipinski definition) is 9. The van der Waals surface area contributed by atoms with Gasteiger partial charge in [0.05, 0.1) is 12.5 Å². The fourth-order valence-electron chi connectivity index (χ4n) is 3.29. The monoisotopic (exact) mass is 446 g/mol. The number of nitrogens with zero attached hydrogens (tertiary/aromatic N) is 3. The zero-order valence-electron chi connectivity index (χ0n) is 17.0. The van der Waals surface area contributed by atoms with Gasteiger partial charge in [0.1, 0.15) is 0 Å². The second-order valence-corrected chi connectivity index (χ2v) is 7.73. The molecule has 1 amide bonds. The fourth-order valence-corrected chi connectivity index (χ4v) is 3.29. The lowest BCUT2D eigenvalue weighted by molar-refractivity contribution is -0.159. The highest BCUT2D eigenvalue weighted by Crippen LogP contribution is 2.39. The Morgan fingerprint density at radius 2 is 1.78 bits per heavy atom. The first-order chi connectivity index (χ1) is 15.4. The average Bonchev–Trinajstić information content (AvgIpc) is 3.29. The quantitative estimate of drug-likeness (QED) is 0.531. The van der Waals surface area contributed by atoms with Crippen LogP contribution in [0, 0.1) is 0 Å². The van der Waals surface area contributed by atoms with E-state index in [1.807, 2.05) is 18.2 Å². The van der Waals surface area contributed by atoms with Gasteiger partial charge in [-0.2, -0.15) is 4.98 Å². The second-order valence-electron chi connectivity index (χ2n) is 7.73. The van der Waals surface area contributed by atoms with E-state index < -0.39 is 11.9 Å². The van der Waals surface area contributed by atoms with Crippen molar-refractivity contribution < 1.29 is 38.6 Å². The molecule has 0 radical (unpaired) electrons. The highest BCUT2D eigenvalue weighted by atomic mass is 16.7. The van der Waals surface area contributed by atoms with Crippen LogP contribution in [0.5, 0.6) is 11.5 Å². The van der Waals surface area contributed by atoms with E-state index >= 15 is 0 Å². The number of carbonyl (C=O) groups is 3. The third kappa shape index (κ3) is 5.32. The summed E-state index contributed by atoms with van der Waals surface area (Å²) in [6, 6.07) is 5.69. The van der Waals surface area contributed by atoms with Crippen molar-refractivity contribution in [3.8, 4) is 11.5 Å². The Morgan fingerprint density at radius 1 is 1.06 bits per heavy atom. The van der Waals surface area contributed by atoms with Gasteiger partial charge >= 0.3 is 11.9 Å². The number of likely N-dealkylation sites (tertiary alicyclic amines) is 1. The van der Waals surface area contributed by atoms with Crippen LogP contribution in [0.15, 0.2) is 22.7 Å². The largest absolute Gasteiger partial charge is 0.473 e. The molecule has 3 aliphatic rings. The van der Waals surface area contributed by atoms with Crippen LogP contribution >= 0.6 is 0 Å². The van der Waals surface area contributed by atoms with Gasteiger partial charge in [0.25, 0.3) is 0 Å². The molecule has 170 valence electrons. The molecule has 1 saturated heterocycles. The lowest BCUT2D eigenvalue weighted by Gasteiger charge is -2.36. The van der Waals surface area contributed by atoms with E-state index in [0.717, 1.165) is 36.0 Å². The summed E-state index contributed by atoms with van der Waals surface area (Å²) in [6.45, 7) is 2.67. The van der Waals surface area contributed by atoms with E-state index in [-0.39, 0.29) is 18.6 Å². The van der Waals surface area contributed by atoms with Gasteiger partial charge in [0.15, 0.2) is 17.3 Å². The lowest BCUT2D eigenvalue weighted by Crippen LogP contribution is -2.49. The Labute approximate surface area is 182 Å². The molecule has 12 heteroatoms. The number of benzene rings is 1. The van der Waals surface area contributed by atoms with Gasteiger partial charge in [0.2, 0.25) is 18.6 Å².